The number of aromatic hydroxyl groups is 1. The molecular weight excluding hydrogens is 368 g/mol. The van der Waals surface area contributed by atoms with Crippen molar-refractivity contribution in [3.05, 3.63) is 95.8 Å². The average Bonchev–Trinajstić information content (AvgIpc) is 3.00. The lowest BCUT2D eigenvalue weighted by Gasteiger charge is -2.27. The van der Waals surface area contributed by atoms with Gasteiger partial charge in [0.25, 0.3) is 5.91 Å². The summed E-state index contributed by atoms with van der Waals surface area (Å²) in [6.07, 6.45) is 3.25. The van der Waals surface area contributed by atoms with E-state index in [0.29, 0.717) is 11.1 Å². The number of hydrogen-bond acceptors (Lipinski definition) is 5. The third kappa shape index (κ3) is 3.52. The van der Waals surface area contributed by atoms with E-state index in [9.17, 15) is 19.5 Å². The maximum Gasteiger partial charge on any atom is 0.291 e. The molecule has 1 aliphatic rings. The topological polar surface area (TPSA) is 87.6 Å². The smallest absolute Gasteiger partial charge is 0.291 e. The lowest BCUT2D eigenvalue weighted by Crippen LogP contribution is -2.30. The van der Waals surface area contributed by atoms with Crippen molar-refractivity contribution in [2.45, 2.75) is 12.6 Å². The highest BCUT2D eigenvalue weighted by Crippen LogP contribution is 2.39. The number of hydrogen-bond donors (Lipinski definition) is 1. The van der Waals surface area contributed by atoms with Crippen LogP contribution in [0.2, 0.25) is 0 Å². The van der Waals surface area contributed by atoms with Gasteiger partial charge >= 0.3 is 0 Å². The number of aromatic nitrogens is 1. The van der Waals surface area contributed by atoms with Gasteiger partial charge in [-0.1, -0.05) is 48.5 Å². The van der Waals surface area contributed by atoms with Gasteiger partial charge in [-0.2, -0.15) is 0 Å². The predicted molar refractivity (Wildman–Crippen MR) is 105 cm³/mol. The Labute approximate surface area is 167 Å². The molecule has 6 nitrogen and oxygen atoms in total. The second-order valence-corrected chi connectivity index (χ2v) is 6.90. The number of amides is 1. The first-order chi connectivity index (χ1) is 14.1. The minimum atomic E-state index is -1.15. The number of Topliss-reactive ketones (excluding diaryl/α,β-unsaturated/α-hetero) is 2. The van der Waals surface area contributed by atoms with E-state index in [4.69, 9.17) is 0 Å². The first kappa shape index (κ1) is 18.6. The normalized spacial score (nSPS) is 18.8. The first-order valence-electron chi connectivity index (χ1n) is 9.18. The van der Waals surface area contributed by atoms with Crippen LogP contribution in [0.3, 0.4) is 0 Å². The van der Waals surface area contributed by atoms with Crippen LogP contribution < -0.4 is 0 Å². The van der Waals surface area contributed by atoms with Crippen LogP contribution in [-0.4, -0.2) is 32.5 Å². The number of nitrogens with zero attached hydrogens (tertiary/aromatic N) is 2. The van der Waals surface area contributed by atoms with E-state index < -0.39 is 29.4 Å². The maximum atomic E-state index is 13.2. The van der Waals surface area contributed by atoms with Crippen LogP contribution in [0.25, 0.3) is 0 Å². The molecule has 0 spiro atoms. The van der Waals surface area contributed by atoms with E-state index >= 15 is 0 Å². The number of rotatable bonds is 5. The zero-order valence-electron chi connectivity index (χ0n) is 15.4. The van der Waals surface area contributed by atoms with Crippen LogP contribution in [0.1, 0.15) is 27.5 Å². The van der Waals surface area contributed by atoms with E-state index in [1.54, 1.807) is 60.9 Å². The Morgan fingerprint density at radius 3 is 2.34 bits per heavy atom. The Bertz CT molecular complexity index is 1050. The molecule has 29 heavy (non-hydrogen) atoms. The van der Waals surface area contributed by atoms with Gasteiger partial charge in [0.15, 0.2) is 5.78 Å². The number of ketones is 2. The fourth-order valence-corrected chi connectivity index (χ4v) is 3.67. The molecule has 1 saturated heterocycles. The Morgan fingerprint density at radius 1 is 0.966 bits per heavy atom. The number of likely N-dealkylation sites (tertiary alicyclic amines) is 1. The lowest BCUT2D eigenvalue weighted by molar-refractivity contribution is -0.141. The summed E-state index contributed by atoms with van der Waals surface area (Å²) in [5.74, 6) is -2.89. The third-order valence-corrected chi connectivity index (χ3v) is 5.06. The monoisotopic (exact) mass is 386 g/mol. The van der Waals surface area contributed by atoms with Gasteiger partial charge in [0, 0.05) is 24.5 Å². The van der Waals surface area contributed by atoms with E-state index in [2.05, 4.69) is 4.98 Å². The van der Waals surface area contributed by atoms with Crippen LogP contribution in [0, 0.1) is 5.92 Å². The zero-order chi connectivity index (χ0) is 20.4. The summed E-state index contributed by atoms with van der Waals surface area (Å²) in [6, 6.07) is 17.5. The number of phenolic OH excluding ortho intramolecular Hbond substituents is 1. The van der Waals surface area contributed by atoms with Gasteiger partial charge in [-0.05, 0) is 29.3 Å². The molecule has 2 heterocycles. The quantitative estimate of drug-likeness (QED) is 0.414. The van der Waals surface area contributed by atoms with Gasteiger partial charge in [0.2, 0.25) is 5.78 Å². The summed E-state index contributed by atoms with van der Waals surface area (Å²) in [5.41, 5.74) is 1.75. The highest BCUT2D eigenvalue weighted by atomic mass is 16.3. The first-order valence-corrected chi connectivity index (χ1v) is 9.18. The largest absolute Gasteiger partial charge is 0.508 e. The number of phenols is 1. The third-order valence-electron chi connectivity index (χ3n) is 5.06. The molecule has 1 fully saturated rings. The molecule has 3 aromatic rings. The number of benzene rings is 2. The maximum absolute atomic E-state index is 13.2. The Hall–Kier alpha value is -3.80. The van der Waals surface area contributed by atoms with Crippen LogP contribution in [0.15, 0.2) is 79.1 Å². The van der Waals surface area contributed by atoms with E-state index in [1.165, 1.54) is 17.0 Å². The number of carbonyl (C=O) groups excluding carboxylic acids is 3. The summed E-state index contributed by atoms with van der Waals surface area (Å²) in [4.78, 5) is 44.4. The minimum absolute atomic E-state index is 0.0640. The van der Waals surface area contributed by atoms with E-state index in [-0.39, 0.29) is 12.3 Å². The summed E-state index contributed by atoms with van der Waals surface area (Å²) in [7, 11) is 0. The molecule has 4 rings (SSSR count). The molecule has 0 saturated carbocycles. The average molecular weight is 386 g/mol. The molecule has 1 aromatic heterocycles. The molecule has 1 aliphatic heterocycles. The number of carbonyl (C=O) groups is 3. The van der Waals surface area contributed by atoms with Crippen molar-refractivity contribution in [1.29, 1.82) is 0 Å². The fourth-order valence-electron chi connectivity index (χ4n) is 3.67. The molecule has 0 radical (unpaired) electrons. The highest BCUT2D eigenvalue weighted by molar-refractivity contribution is 6.44. The molecule has 1 amide bonds. The minimum Gasteiger partial charge on any atom is -0.508 e. The molecule has 2 atom stereocenters. The lowest BCUT2D eigenvalue weighted by atomic mass is 9.86. The Morgan fingerprint density at radius 2 is 1.69 bits per heavy atom. The van der Waals surface area contributed by atoms with Crippen molar-refractivity contribution >= 4 is 17.5 Å². The standard InChI is InChI=1S/C23H18N2O4/c26-18-10-8-16(9-11-18)20-19(21(27)17-6-2-1-3-7-17)22(28)23(29)25(20)14-15-5-4-12-24-13-15/h1-13,19-20,26H,14H2. The summed E-state index contributed by atoms with van der Waals surface area (Å²) in [6.45, 7) is 0.155. The fraction of sp³-hybridized carbons (Fsp3) is 0.130. The van der Waals surface area contributed by atoms with Crippen molar-refractivity contribution in [1.82, 2.24) is 9.88 Å². The molecule has 2 unspecified atom stereocenters. The van der Waals surface area contributed by atoms with Gasteiger partial charge in [-0.3, -0.25) is 19.4 Å². The Kier molecular flexibility index (Phi) is 4.91. The van der Waals surface area contributed by atoms with Gasteiger partial charge in [-0.15, -0.1) is 0 Å². The van der Waals surface area contributed by atoms with Gasteiger partial charge in [0.1, 0.15) is 11.7 Å². The number of pyridine rings is 1. The molecule has 0 bridgehead atoms. The van der Waals surface area contributed by atoms with Crippen molar-refractivity contribution in [2.75, 3.05) is 0 Å². The second kappa shape index (κ2) is 7.67. The van der Waals surface area contributed by atoms with E-state index in [1.807, 2.05) is 6.07 Å². The van der Waals surface area contributed by atoms with Crippen molar-refractivity contribution in [3.63, 3.8) is 0 Å². The van der Waals surface area contributed by atoms with Gasteiger partial charge in [-0.25, -0.2) is 0 Å². The molecule has 1 N–H and O–H groups in total. The highest BCUT2D eigenvalue weighted by Gasteiger charge is 2.51. The van der Waals surface area contributed by atoms with E-state index in [0.717, 1.165) is 5.56 Å². The molecule has 0 aliphatic carbocycles. The van der Waals surface area contributed by atoms with Crippen LogP contribution in [-0.2, 0) is 16.1 Å². The molecular formula is C23H18N2O4. The molecule has 2 aromatic carbocycles. The zero-order valence-corrected chi connectivity index (χ0v) is 15.4. The van der Waals surface area contributed by atoms with Gasteiger partial charge in [0.05, 0.1) is 6.04 Å². The summed E-state index contributed by atoms with van der Waals surface area (Å²) >= 11 is 0. The van der Waals surface area contributed by atoms with Crippen molar-refractivity contribution in [2.24, 2.45) is 5.92 Å². The van der Waals surface area contributed by atoms with Crippen LogP contribution in [0.4, 0.5) is 0 Å². The SMILES string of the molecule is O=C1C(=O)N(Cc2cccnc2)C(c2ccc(O)cc2)C1C(=O)c1ccccc1. The van der Waals surface area contributed by atoms with Crippen LogP contribution in [0.5, 0.6) is 5.75 Å². The van der Waals surface area contributed by atoms with Gasteiger partial charge < -0.3 is 10.0 Å². The summed E-state index contributed by atoms with van der Waals surface area (Å²) < 4.78 is 0. The van der Waals surface area contributed by atoms with Crippen molar-refractivity contribution in [3.8, 4) is 5.75 Å². The Balaban J connectivity index is 1.78. The van der Waals surface area contributed by atoms with Crippen molar-refractivity contribution < 1.29 is 19.5 Å². The predicted octanol–water partition coefficient (Wildman–Crippen LogP) is 2.94. The van der Waals surface area contributed by atoms with Crippen LogP contribution >= 0.6 is 0 Å². The molecule has 144 valence electrons. The second-order valence-electron chi connectivity index (χ2n) is 6.90. The molecule has 6 heteroatoms. The summed E-state index contributed by atoms with van der Waals surface area (Å²) in [5, 5.41) is 9.63.